The molecule has 0 aliphatic heterocycles. The van der Waals surface area contributed by atoms with Crippen LogP contribution in [0, 0.1) is 18.8 Å². The van der Waals surface area contributed by atoms with Crippen LogP contribution in [0.2, 0.25) is 0 Å². The maximum atomic E-state index is 13.5. The van der Waals surface area contributed by atoms with E-state index in [0.717, 1.165) is 43.2 Å². The molecule has 1 fully saturated rings. The van der Waals surface area contributed by atoms with Gasteiger partial charge >= 0.3 is 6.18 Å². The summed E-state index contributed by atoms with van der Waals surface area (Å²) < 4.78 is 65.3. The van der Waals surface area contributed by atoms with Gasteiger partial charge in [0.1, 0.15) is 6.54 Å². The number of hydrogen-bond acceptors (Lipinski definition) is 5. The van der Waals surface area contributed by atoms with E-state index in [0.29, 0.717) is 16.6 Å². The molecule has 39 heavy (non-hydrogen) atoms. The Balaban J connectivity index is 1.57. The topological polar surface area (TPSA) is 75.2 Å². The summed E-state index contributed by atoms with van der Waals surface area (Å²) in [5, 5.41) is 10.8. The summed E-state index contributed by atoms with van der Waals surface area (Å²) >= 11 is 0. The number of alkyl halides is 3. The number of rotatable bonds is 7. The van der Waals surface area contributed by atoms with Crippen molar-refractivity contribution in [1.82, 2.24) is 9.88 Å². The van der Waals surface area contributed by atoms with E-state index < -0.39 is 22.6 Å². The summed E-state index contributed by atoms with van der Waals surface area (Å²) in [7, 11) is -1.34. The van der Waals surface area contributed by atoms with Crippen LogP contribution in [0.15, 0.2) is 47.4 Å². The van der Waals surface area contributed by atoms with Gasteiger partial charge in [0.2, 0.25) is 0 Å². The zero-order chi connectivity index (χ0) is 28.4. The van der Waals surface area contributed by atoms with Crippen molar-refractivity contribution in [1.29, 1.82) is 0 Å². The van der Waals surface area contributed by atoms with Crippen LogP contribution >= 0.6 is 0 Å². The number of nitrogens with one attached hydrogen (secondary N) is 3. The lowest BCUT2D eigenvalue weighted by molar-refractivity contribution is -0.140. The Morgan fingerprint density at radius 3 is 2.44 bits per heavy atom. The molecule has 10 heteroatoms. The molecule has 1 heterocycles. The number of halogens is 3. The predicted molar refractivity (Wildman–Crippen MR) is 151 cm³/mol. The van der Waals surface area contributed by atoms with Gasteiger partial charge in [-0.25, -0.2) is 8.42 Å². The molecule has 2 aromatic carbocycles. The average molecular weight is 561 g/mol. The minimum Gasteiger partial charge on any atom is -0.382 e. The summed E-state index contributed by atoms with van der Waals surface area (Å²) in [6.07, 6.45) is 0.734. The van der Waals surface area contributed by atoms with Gasteiger partial charge in [0, 0.05) is 34.6 Å². The highest BCUT2D eigenvalue weighted by Crippen LogP contribution is 2.34. The largest absolute Gasteiger partial charge is 0.406 e. The first-order chi connectivity index (χ1) is 18.3. The van der Waals surface area contributed by atoms with Gasteiger partial charge in [-0.1, -0.05) is 12.0 Å². The van der Waals surface area contributed by atoms with E-state index in [1.807, 2.05) is 13.1 Å². The van der Waals surface area contributed by atoms with E-state index in [2.05, 4.69) is 34.7 Å². The second kappa shape index (κ2) is 11.1. The SMILES string of the molecule is CNC1(C)CCC(Nc2cccc3c2cc(C#CCNc2ccc(S(C)(=O)=O)cc2C)n3CC(F)(F)F)CC1. The molecule has 0 radical (unpaired) electrons. The van der Waals surface area contributed by atoms with E-state index in [-0.39, 0.29) is 28.7 Å². The molecule has 0 unspecified atom stereocenters. The van der Waals surface area contributed by atoms with Gasteiger partial charge < -0.3 is 20.5 Å². The van der Waals surface area contributed by atoms with E-state index in [1.165, 1.54) is 10.6 Å². The third kappa shape index (κ3) is 7.08. The fourth-order valence-corrected chi connectivity index (χ4v) is 5.78. The van der Waals surface area contributed by atoms with Gasteiger partial charge in [0.15, 0.2) is 9.84 Å². The molecule has 210 valence electrons. The van der Waals surface area contributed by atoms with Crippen molar-refractivity contribution in [3.8, 4) is 11.8 Å². The molecule has 1 aromatic heterocycles. The van der Waals surface area contributed by atoms with E-state index in [9.17, 15) is 21.6 Å². The first kappa shape index (κ1) is 28.8. The minimum atomic E-state index is -4.40. The number of sulfone groups is 1. The minimum absolute atomic E-state index is 0.116. The van der Waals surface area contributed by atoms with E-state index in [1.54, 1.807) is 37.3 Å². The molecule has 3 N–H and O–H groups in total. The van der Waals surface area contributed by atoms with Crippen LogP contribution in [-0.2, 0) is 16.4 Å². The van der Waals surface area contributed by atoms with Crippen LogP contribution in [0.1, 0.15) is 43.9 Å². The molecule has 3 aromatic rings. The number of anilines is 2. The van der Waals surface area contributed by atoms with Crippen molar-refractivity contribution in [2.75, 3.05) is 30.5 Å². The average Bonchev–Trinajstić information content (AvgIpc) is 3.20. The Bertz CT molecular complexity index is 1510. The second-order valence-corrected chi connectivity index (χ2v) is 12.6. The third-order valence-corrected chi connectivity index (χ3v) is 8.66. The fraction of sp³-hybridized carbons (Fsp3) is 0.448. The molecule has 1 aliphatic rings. The smallest absolute Gasteiger partial charge is 0.382 e. The number of nitrogens with zero attached hydrogens (tertiary/aromatic N) is 1. The van der Waals surface area contributed by atoms with Crippen molar-refractivity contribution >= 4 is 32.1 Å². The van der Waals surface area contributed by atoms with Gasteiger partial charge in [0.25, 0.3) is 0 Å². The Kier molecular flexibility index (Phi) is 8.24. The molecule has 1 aliphatic carbocycles. The lowest BCUT2D eigenvalue weighted by atomic mass is 9.81. The molecule has 0 atom stereocenters. The monoisotopic (exact) mass is 560 g/mol. The second-order valence-electron chi connectivity index (χ2n) is 10.6. The van der Waals surface area contributed by atoms with Crippen molar-refractivity contribution in [2.45, 2.75) is 68.7 Å². The van der Waals surface area contributed by atoms with Crippen LogP contribution in [0.5, 0.6) is 0 Å². The van der Waals surface area contributed by atoms with Crippen molar-refractivity contribution in [3.05, 3.63) is 53.7 Å². The Labute approximate surface area is 228 Å². The van der Waals surface area contributed by atoms with E-state index in [4.69, 9.17) is 0 Å². The number of benzene rings is 2. The Morgan fingerprint density at radius 1 is 1.10 bits per heavy atom. The molecule has 4 rings (SSSR count). The van der Waals surface area contributed by atoms with Gasteiger partial charge in [-0.05, 0) is 94.5 Å². The summed E-state index contributed by atoms with van der Waals surface area (Å²) in [5.41, 5.74) is 3.15. The highest BCUT2D eigenvalue weighted by atomic mass is 32.2. The van der Waals surface area contributed by atoms with Gasteiger partial charge in [-0.2, -0.15) is 13.2 Å². The Morgan fingerprint density at radius 2 is 1.82 bits per heavy atom. The molecule has 1 saturated carbocycles. The highest BCUT2D eigenvalue weighted by molar-refractivity contribution is 7.90. The van der Waals surface area contributed by atoms with Crippen LogP contribution < -0.4 is 16.0 Å². The van der Waals surface area contributed by atoms with Gasteiger partial charge in [0.05, 0.1) is 22.7 Å². The molecule has 0 amide bonds. The summed E-state index contributed by atoms with van der Waals surface area (Å²) in [4.78, 5) is 0.224. The maximum Gasteiger partial charge on any atom is 0.406 e. The quantitative estimate of drug-likeness (QED) is 0.323. The third-order valence-electron chi connectivity index (χ3n) is 7.55. The molecular weight excluding hydrogens is 525 g/mol. The number of aromatic nitrogens is 1. The standard InChI is InChI=1S/C29H35F3N4O2S/c1-20-17-23(39(4,37)38)10-11-25(20)34-16-6-7-22-18-24-26(35-21-12-14-28(2,33-3)15-13-21)8-5-9-27(24)36(22)19-29(30,31)32/h5,8-11,17-18,21,33-35H,12-16,19H2,1-4H3. The van der Waals surface area contributed by atoms with Crippen molar-refractivity contribution < 1.29 is 21.6 Å². The normalized spacial score (nSPS) is 19.9. The molecule has 0 spiro atoms. The van der Waals surface area contributed by atoms with Crippen LogP contribution in [0.3, 0.4) is 0 Å². The summed E-state index contributed by atoms with van der Waals surface area (Å²) in [5.74, 6) is 5.85. The van der Waals surface area contributed by atoms with Crippen molar-refractivity contribution in [2.24, 2.45) is 0 Å². The fourth-order valence-electron chi connectivity index (χ4n) is 5.07. The zero-order valence-corrected chi connectivity index (χ0v) is 23.5. The lowest BCUT2D eigenvalue weighted by Crippen LogP contribution is -2.45. The predicted octanol–water partition coefficient (Wildman–Crippen LogP) is 5.71. The first-order valence-corrected chi connectivity index (χ1v) is 14.8. The molecule has 0 saturated heterocycles. The lowest BCUT2D eigenvalue weighted by Gasteiger charge is -2.37. The maximum absolute atomic E-state index is 13.5. The highest BCUT2D eigenvalue weighted by Gasteiger charge is 2.31. The first-order valence-electron chi connectivity index (χ1n) is 13.0. The van der Waals surface area contributed by atoms with Gasteiger partial charge in [-0.3, -0.25) is 0 Å². The van der Waals surface area contributed by atoms with Crippen LogP contribution in [0.4, 0.5) is 24.5 Å². The Hall–Kier alpha value is -3.16. The molecule has 0 bridgehead atoms. The zero-order valence-electron chi connectivity index (χ0n) is 22.7. The number of aryl methyl sites for hydroxylation is 1. The number of fused-ring (bicyclic) bond motifs is 1. The van der Waals surface area contributed by atoms with Crippen molar-refractivity contribution in [3.63, 3.8) is 0 Å². The van der Waals surface area contributed by atoms with Crippen LogP contribution in [-0.4, -0.2) is 50.6 Å². The molecular formula is C29H35F3N4O2S. The summed E-state index contributed by atoms with van der Waals surface area (Å²) in [6, 6.07) is 12.1. The summed E-state index contributed by atoms with van der Waals surface area (Å²) in [6.45, 7) is 3.05. The number of hydrogen-bond donors (Lipinski definition) is 3. The van der Waals surface area contributed by atoms with Crippen LogP contribution in [0.25, 0.3) is 10.9 Å². The molecule has 6 nitrogen and oxygen atoms in total. The van der Waals surface area contributed by atoms with Gasteiger partial charge in [-0.15, -0.1) is 0 Å². The van der Waals surface area contributed by atoms with E-state index >= 15 is 0 Å².